The molecule has 10 heteroatoms. The lowest BCUT2D eigenvalue weighted by atomic mass is 10.0. The predicted octanol–water partition coefficient (Wildman–Crippen LogP) is 4.67. The maximum atomic E-state index is 13.3. The smallest absolute Gasteiger partial charge is 0.187 e. The average Bonchev–Trinajstić information content (AvgIpc) is 3.63. The number of Topliss-reactive ketones (excluding diaryl/α,β-unsaturated/α-hetero) is 1. The van der Waals surface area contributed by atoms with Crippen LogP contribution in [0.3, 0.4) is 0 Å². The normalized spacial score (nSPS) is 14.7. The van der Waals surface area contributed by atoms with E-state index in [4.69, 9.17) is 5.10 Å². The molecular formula is C31H41N9O. The summed E-state index contributed by atoms with van der Waals surface area (Å²) in [6.45, 7) is 19.8. The van der Waals surface area contributed by atoms with Crippen LogP contribution in [0, 0.1) is 6.92 Å². The molecule has 10 nitrogen and oxygen atoms in total. The first-order valence-electron chi connectivity index (χ1n) is 14.5. The molecule has 0 amide bonds. The number of likely N-dealkylation sites (N-methyl/N-ethyl adjacent to an activating group) is 1. The van der Waals surface area contributed by atoms with Gasteiger partial charge in [0.15, 0.2) is 5.78 Å². The summed E-state index contributed by atoms with van der Waals surface area (Å²) in [5.41, 5.74) is 6.48. The van der Waals surface area contributed by atoms with Gasteiger partial charge in [-0.1, -0.05) is 26.0 Å². The molecule has 1 aliphatic rings. The number of aromatic nitrogens is 7. The minimum absolute atomic E-state index is 0.0339. The molecule has 0 unspecified atom stereocenters. The van der Waals surface area contributed by atoms with Crippen molar-refractivity contribution in [2.45, 2.75) is 66.3 Å². The quantitative estimate of drug-likeness (QED) is 0.289. The van der Waals surface area contributed by atoms with Crippen LogP contribution < -0.4 is 4.90 Å². The zero-order valence-corrected chi connectivity index (χ0v) is 25.3. The van der Waals surface area contributed by atoms with E-state index in [1.807, 2.05) is 42.3 Å². The predicted molar refractivity (Wildman–Crippen MR) is 161 cm³/mol. The first-order chi connectivity index (χ1) is 19.5. The van der Waals surface area contributed by atoms with E-state index in [1.54, 1.807) is 10.9 Å². The lowest BCUT2D eigenvalue weighted by molar-refractivity contribution is 0.0986. The summed E-state index contributed by atoms with van der Waals surface area (Å²) in [5, 5.41) is 13.5. The van der Waals surface area contributed by atoms with E-state index in [0.29, 0.717) is 5.69 Å². The Morgan fingerprint density at radius 1 is 1.02 bits per heavy atom. The van der Waals surface area contributed by atoms with Crippen molar-refractivity contribution in [3.63, 3.8) is 0 Å². The van der Waals surface area contributed by atoms with Crippen LogP contribution in [0.25, 0.3) is 16.9 Å². The molecule has 1 saturated heterocycles. The third-order valence-corrected chi connectivity index (χ3v) is 7.68. The molecule has 216 valence electrons. The SMILES string of the molecule is CCN1CCN(c2cncc(-c3cn(-c4cc(CC(=O)c5cc(C(C)C)n(C(C)(C)C)n5)cnc4C)nn3)c2)CC1. The Morgan fingerprint density at radius 3 is 2.44 bits per heavy atom. The second-order valence-electron chi connectivity index (χ2n) is 12.1. The minimum atomic E-state index is -0.208. The van der Waals surface area contributed by atoms with Gasteiger partial charge in [0.25, 0.3) is 0 Å². The summed E-state index contributed by atoms with van der Waals surface area (Å²) < 4.78 is 3.69. The summed E-state index contributed by atoms with van der Waals surface area (Å²) in [7, 11) is 0. The summed E-state index contributed by atoms with van der Waals surface area (Å²) in [5.74, 6) is 0.230. The standard InChI is InChI=1S/C31H41N9O/c1-8-37-9-11-38(12-10-37)25-15-24(18-32-19-25)27-20-39(36-34-27)29-13-23(17-33-22(29)4)14-30(41)26-16-28(21(2)3)40(35-26)31(5,6)7/h13,15-21H,8-12,14H2,1-7H3. The van der Waals surface area contributed by atoms with Gasteiger partial charge in [0.05, 0.1) is 35.0 Å². The van der Waals surface area contributed by atoms with Crippen LogP contribution in [0.15, 0.2) is 43.0 Å². The van der Waals surface area contributed by atoms with E-state index < -0.39 is 0 Å². The lowest BCUT2D eigenvalue weighted by Gasteiger charge is -2.35. The Hall–Kier alpha value is -3.92. The van der Waals surface area contributed by atoms with E-state index in [-0.39, 0.29) is 23.7 Å². The van der Waals surface area contributed by atoms with E-state index >= 15 is 0 Å². The van der Waals surface area contributed by atoms with Crippen molar-refractivity contribution in [3.05, 3.63) is 65.6 Å². The van der Waals surface area contributed by atoms with E-state index in [1.165, 1.54) is 0 Å². The third kappa shape index (κ3) is 6.22. The maximum absolute atomic E-state index is 13.3. The molecule has 1 fully saturated rings. The molecule has 5 rings (SSSR count). The Balaban J connectivity index is 1.35. The molecule has 0 aromatic carbocycles. The summed E-state index contributed by atoms with van der Waals surface area (Å²) in [6.07, 6.45) is 7.59. The molecule has 4 aromatic rings. The highest BCUT2D eigenvalue weighted by Crippen LogP contribution is 2.26. The Kier molecular flexibility index (Phi) is 8.04. The Labute approximate surface area is 242 Å². The van der Waals surface area contributed by atoms with E-state index in [9.17, 15) is 4.79 Å². The first-order valence-corrected chi connectivity index (χ1v) is 14.5. The van der Waals surface area contributed by atoms with Gasteiger partial charge in [-0.2, -0.15) is 5.10 Å². The largest absolute Gasteiger partial charge is 0.368 e. The number of rotatable bonds is 8. The van der Waals surface area contributed by atoms with Gasteiger partial charge in [-0.15, -0.1) is 5.10 Å². The zero-order chi connectivity index (χ0) is 29.3. The number of nitrogens with zero attached hydrogens (tertiary/aromatic N) is 9. The van der Waals surface area contributed by atoms with Gasteiger partial charge in [0.1, 0.15) is 11.4 Å². The monoisotopic (exact) mass is 555 g/mol. The molecule has 0 radical (unpaired) electrons. The van der Waals surface area contributed by atoms with Crippen molar-refractivity contribution in [1.29, 1.82) is 0 Å². The summed E-state index contributed by atoms with van der Waals surface area (Å²) in [4.78, 5) is 27.2. The fourth-order valence-electron chi connectivity index (χ4n) is 5.23. The highest BCUT2D eigenvalue weighted by atomic mass is 16.1. The second-order valence-corrected chi connectivity index (χ2v) is 12.1. The zero-order valence-electron chi connectivity index (χ0n) is 25.3. The van der Waals surface area contributed by atoms with Crippen molar-refractivity contribution < 1.29 is 4.79 Å². The van der Waals surface area contributed by atoms with Gasteiger partial charge >= 0.3 is 0 Å². The van der Waals surface area contributed by atoms with Gasteiger partial charge in [0, 0.05) is 56.3 Å². The van der Waals surface area contributed by atoms with E-state index in [2.05, 4.69) is 77.7 Å². The van der Waals surface area contributed by atoms with Crippen LogP contribution in [0.4, 0.5) is 5.69 Å². The maximum Gasteiger partial charge on any atom is 0.187 e. The van der Waals surface area contributed by atoms with Crippen molar-refractivity contribution >= 4 is 11.5 Å². The molecule has 0 aliphatic carbocycles. The third-order valence-electron chi connectivity index (χ3n) is 7.68. The molecule has 41 heavy (non-hydrogen) atoms. The molecule has 5 heterocycles. The number of pyridine rings is 2. The lowest BCUT2D eigenvalue weighted by Crippen LogP contribution is -2.46. The fourth-order valence-corrected chi connectivity index (χ4v) is 5.23. The highest BCUT2D eigenvalue weighted by Gasteiger charge is 2.24. The molecule has 0 saturated carbocycles. The van der Waals surface area contributed by atoms with Gasteiger partial charge in [0.2, 0.25) is 0 Å². The summed E-state index contributed by atoms with van der Waals surface area (Å²) >= 11 is 0. The number of carbonyl (C=O) groups excluding carboxylic acids is 1. The topological polar surface area (TPSA) is 97.9 Å². The fraction of sp³-hybridized carbons (Fsp3) is 0.484. The van der Waals surface area contributed by atoms with Crippen molar-refractivity contribution in [3.8, 4) is 16.9 Å². The number of piperazine rings is 1. The molecule has 4 aromatic heterocycles. The molecule has 1 aliphatic heterocycles. The van der Waals surface area contributed by atoms with Crippen molar-refractivity contribution in [2.75, 3.05) is 37.6 Å². The Bertz CT molecular complexity index is 1520. The number of hydrogen-bond acceptors (Lipinski definition) is 8. The number of aryl methyl sites for hydroxylation is 1. The van der Waals surface area contributed by atoms with E-state index in [0.717, 1.165) is 72.3 Å². The van der Waals surface area contributed by atoms with Crippen LogP contribution >= 0.6 is 0 Å². The van der Waals surface area contributed by atoms with Gasteiger partial charge in [-0.25, -0.2) is 4.68 Å². The summed E-state index contributed by atoms with van der Waals surface area (Å²) in [6, 6.07) is 6.02. The van der Waals surface area contributed by atoms with Crippen LogP contribution in [0.1, 0.15) is 74.9 Å². The second kappa shape index (κ2) is 11.5. The number of hydrogen-bond donors (Lipinski definition) is 0. The van der Waals surface area contributed by atoms with Crippen LogP contribution in [-0.2, 0) is 12.0 Å². The molecule has 0 N–H and O–H groups in total. The first kappa shape index (κ1) is 28.6. The Morgan fingerprint density at radius 2 is 1.78 bits per heavy atom. The molecular weight excluding hydrogens is 514 g/mol. The number of ketones is 1. The van der Waals surface area contributed by atoms with Crippen molar-refractivity contribution in [1.82, 2.24) is 39.6 Å². The van der Waals surface area contributed by atoms with Gasteiger partial charge in [-0.05, 0) is 63.9 Å². The van der Waals surface area contributed by atoms with Gasteiger partial charge in [-0.3, -0.25) is 19.4 Å². The molecule has 0 bridgehead atoms. The average molecular weight is 556 g/mol. The highest BCUT2D eigenvalue weighted by molar-refractivity contribution is 5.96. The minimum Gasteiger partial charge on any atom is -0.368 e. The van der Waals surface area contributed by atoms with Crippen molar-refractivity contribution in [2.24, 2.45) is 0 Å². The number of anilines is 1. The number of carbonyl (C=O) groups is 1. The van der Waals surface area contributed by atoms with Crippen LogP contribution in [-0.4, -0.2) is 78.1 Å². The van der Waals surface area contributed by atoms with Gasteiger partial charge < -0.3 is 9.80 Å². The molecule has 0 spiro atoms. The molecule has 0 atom stereocenters. The van der Waals surface area contributed by atoms with Crippen LogP contribution in [0.5, 0.6) is 0 Å². The van der Waals surface area contributed by atoms with Crippen LogP contribution in [0.2, 0.25) is 0 Å².